The van der Waals surface area contributed by atoms with Crippen LogP contribution in [0.4, 0.5) is 5.13 Å². The molecular formula is C9H11N3OS2. The number of aryl methyl sites for hydroxylation is 2. The van der Waals surface area contributed by atoms with Crippen molar-refractivity contribution < 1.29 is 4.42 Å². The maximum atomic E-state index is 5.53. The van der Waals surface area contributed by atoms with Crippen LogP contribution in [0.2, 0.25) is 0 Å². The van der Waals surface area contributed by atoms with Gasteiger partial charge in [0, 0.05) is 16.8 Å². The predicted octanol–water partition coefficient (Wildman–Crippen LogP) is 2.62. The first-order chi connectivity index (χ1) is 7.15. The first-order valence-corrected chi connectivity index (χ1v) is 6.22. The number of anilines is 1. The number of rotatable bonds is 3. The SMILES string of the molecule is Cc1nc(SCc2cnc(N)s2)oc1C. The van der Waals surface area contributed by atoms with Gasteiger partial charge in [0.2, 0.25) is 0 Å². The van der Waals surface area contributed by atoms with E-state index >= 15 is 0 Å². The van der Waals surface area contributed by atoms with E-state index in [1.54, 1.807) is 18.0 Å². The first-order valence-electron chi connectivity index (χ1n) is 4.42. The summed E-state index contributed by atoms with van der Waals surface area (Å²) in [4.78, 5) is 9.40. The summed E-state index contributed by atoms with van der Waals surface area (Å²) >= 11 is 3.05. The Morgan fingerprint density at radius 1 is 1.53 bits per heavy atom. The number of hydrogen-bond donors (Lipinski definition) is 1. The largest absolute Gasteiger partial charge is 0.437 e. The van der Waals surface area contributed by atoms with Crippen LogP contribution in [0.5, 0.6) is 0 Å². The Balaban J connectivity index is 1.99. The lowest BCUT2D eigenvalue weighted by Crippen LogP contribution is -1.77. The van der Waals surface area contributed by atoms with Crippen molar-refractivity contribution in [2.75, 3.05) is 5.73 Å². The lowest BCUT2D eigenvalue weighted by molar-refractivity contribution is 0.431. The molecular weight excluding hydrogens is 230 g/mol. The topological polar surface area (TPSA) is 64.9 Å². The van der Waals surface area contributed by atoms with Crippen molar-refractivity contribution in [2.24, 2.45) is 0 Å². The molecule has 0 unspecified atom stereocenters. The number of aromatic nitrogens is 2. The average molecular weight is 241 g/mol. The van der Waals surface area contributed by atoms with Crippen LogP contribution in [0, 0.1) is 13.8 Å². The van der Waals surface area contributed by atoms with Crippen molar-refractivity contribution in [1.29, 1.82) is 0 Å². The normalized spacial score (nSPS) is 10.8. The second-order valence-electron chi connectivity index (χ2n) is 3.07. The van der Waals surface area contributed by atoms with Crippen LogP contribution in [0.1, 0.15) is 16.3 Å². The molecule has 0 bridgehead atoms. The van der Waals surface area contributed by atoms with Crippen LogP contribution in [0.25, 0.3) is 0 Å². The second kappa shape index (κ2) is 4.24. The summed E-state index contributed by atoms with van der Waals surface area (Å²) in [6.45, 7) is 3.85. The molecule has 0 amide bonds. The zero-order chi connectivity index (χ0) is 10.8. The highest BCUT2D eigenvalue weighted by Gasteiger charge is 2.07. The van der Waals surface area contributed by atoms with E-state index in [9.17, 15) is 0 Å². The fourth-order valence-electron chi connectivity index (χ4n) is 1.03. The van der Waals surface area contributed by atoms with Crippen LogP contribution >= 0.6 is 23.1 Å². The van der Waals surface area contributed by atoms with E-state index in [-0.39, 0.29) is 0 Å². The number of hydrogen-bond acceptors (Lipinski definition) is 6. The van der Waals surface area contributed by atoms with Gasteiger partial charge in [-0.3, -0.25) is 0 Å². The Labute approximate surface area is 95.9 Å². The smallest absolute Gasteiger partial charge is 0.256 e. The van der Waals surface area contributed by atoms with Crippen molar-refractivity contribution in [2.45, 2.75) is 24.8 Å². The zero-order valence-corrected chi connectivity index (χ0v) is 10.1. The number of oxazole rings is 1. The van der Waals surface area contributed by atoms with Gasteiger partial charge in [-0.2, -0.15) is 0 Å². The van der Waals surface area contributed by atoms with E-state index in [4.69, 9.17) is 10.2 Å². The fraction of sp³-hybridized carbons (Fsp3) is 0.333. The second-order valence-corrected chi connectivity index (χ2v) is 5.15. The summed E-state index contributed by atoms with van der Waals surface area (Å²) < 4.78 is 5.45. The van der Waals surface area contributed by atoms with E-state index < -0.39 is 0 Å². The van der Waals surface area contributed by atoms with Gasteiger partial charge >= 0.3 is 0 Å². The van der Waals surface area contributed by atoms with Gasteiger partial charge in [0.25, 0.3) is 5.22 Å². The molecule has 80 valence electrons. The number of nitrogens with zero attached hydrogens (tertiary/aromatic N) is 2. The van der Waals surface area contributed by atoms with Gasteiger partial charge in [0.05, 0.1) is 5.69 Å². The lowest BCUT2D eigenvalue weighted by Gasteiger charge is -1.91. The molecule has 2 rings (SSSR count). The number of nitrogens with two attached hydrogens (primary N) is 1. The highest BCUT2D eigenvalue weighted by atomic mass is 32.2. The van der Waals surface area contributed by atoms with Crippen LogP contribution in [-0.4, -0.2) is 9.97 Å². The molecule has 15 heavy (non-hydrogen) atoms. The van der Waals surface area contributed by atoms with Crippen LogP contribution in [-0.2, 0) is 5.75 Å². The summed E-state index contributed by atoms with van der Waals surface area (Å²) in [6.07, 6.45) is 1.79. The van der Waals surface area contributed by atoms with Gasteiger partial charge in [-0.15, -0.1) is 11.3 Å². The molecule has 2 heterocycles. The zero-order valence-electron chi connectivity index (χ0n) is 8.48. The van der Waals surface area contributed by atoms with E-state index in [1.807, 2.05) is 13.8 Å². The van der Waals surface area contributed by atoms with Gasteiger partial charge in [-0.25, -0.2) is 9.97 Å². The van der Waals surface area contributed by atoms with Crippen molar-refractivity contribution >= 4 is 28.2 Å². The minimum Gasteiger partial charge on any atom is -0.437 e. The van der Waals surface area contributed by atoms with E-state index in [0.717, 1.165) is 22.1 Å². The van der Waals surface area contributed by atoms with Gasteiger partial charge in [-0.1, -0.05) is 11.8 Å². The van der Waals surface area contributed by atoms with Crippen molar-refractivity contribution in [3.05, 3.63) is 22.5 Å². The van der Waals surface area contributed by atoms with Gasteiger partial charge in [-0.05, 0) is 13.8 Å². The summed E-state index contributed by atoms with van der Waals surface area (Å²) in [5, 5.41) is 1.31. The van der Waals surface area contributed by atoms with Crippen LogP contribution < -0.4 is 5.73 Å². The molecule has 0 radical (unpaired) electrons. The quantitative estimate of drug-likeness (QED) is 0.837. The highest BCUT2D eigenvalue weighted by Crippen LogP contribution is 2.26. The molecule has 0 fully saturated rings. The monoisotopic (exact) mass is 241 g/mol. The summed E-state index contributed by atoms with van der Waals surface area (Å²) in [5.74, 6) is 1.68. The average Bonchev–Trinajstić information content (AvgIpc) is 2.72. The minimum absolute atomic E-state index is 0.602. The number of thiazole rings is 1. The van der Waals surface area contributed by atoms with Gasteiger partial charge in [0.1, 0.15) is 5.76 Å². The lowest BCUT2D eigenvalue weighted by atomic mass is 10.4. The minimum atomic E-state index is 0.602. The van der Waals surface area contributed by atoms with E-state index in [2.05, 4.69) is 9.97 Å². The Hall–Kier alpha value is -1.01. The number of nitrogen functional groups attached to an aromatic ring is 1. The predicted molar refractivity (Wildman–Crippen MR) is 62.1 cm³/mol. The molecule has 2 aromatic rings. The molecule has 6 heteroatoms. The Bertz CT molecular complexity index is 444. The Kier molecular flexibility index (Phi) is 2.97. The molecule has 0 atom stereocenters. The Morgan fingerprint density at radius 2 is 2.33 bits per heavy atom. The standard InChI is InChI=1S/C9H11N3OS2/c1-5-6(2)13-9(12-5)14-4-7-3-11-8(10)15-7/h3H,4H2,1-2H3,(H2,10,11). The van der Waals surface area contributed by atoms with E-state index in [0.29, 0.717) is 10.4 Å². The van der Waals surface area contributed by atoms with Gasteiger partial charge in [0.15, 0.2) is 5.13 Å². The van der Waals surface area contributed by atoms with Crippen molar-refractivity contribution in [1.82, 2.24) is 9.97 Å². The van der Waals surface area contributed by atoms with Crippen LogP contribution in [0.3, 0.4) is 0 Å². The molecule has 0 aliphatic rings. The highest BCUT2D eigenvalue weighted by molar-refractivity contribution is 7.98. The third-order valence-electron chi connectivity index (χ3n) is 1.92. The van der Waals surface area contributed by atoms with Gasteiger partial charge < -0.3 is 10.2 Å². The fourth-order valence-corrected chi connectivity index (χ4v) is 2.64. The van der Waals surface area contributed by atoms with Crippen molar-refractivity contribution in [3.8, 4) is 0 Å². The molecule has 2 aromatic heterocycles. The maximum Gasteiger partial charge on any atom is 0.256 e. The molecule has 4 nitrogen and oxygen atoms in total. The molecule has 0 aliphatic carbocycles. The molecule has 0 saturated carbocycles. The van der Waals surface area contributed by atoms with Crippen LogP contribution in [0.15, 0.2) is 15.8 Å². The third-order valence-corrected chi connectivity index (χ3v) is 3.80. The first kappa shape index (κ1) is 10.5. The number of thioether (sulfide) groups is 1. The molecule has 0 saturated heterocycles. The molecule has 0 spiro atoms. The summed E-state index contributed by atoms with van der Waals surface area (Å²) in [5.41, 5.74) is 6.48. The summed E-state index contributed by atoms with van der Waals surface area (Å²) in [6, 6.07) is 0. The van der Waals surface area contributed by atoms with E-state index in [1.165, 1.54) is 11.3 Å². The molecule has 0 aliphatic heterocycles. The van der Waals surface area contributed by atoms with Crippen molar-refractivity contribution in [3.63, 3.8) is 0 Å². The summed E-state index contributed by atoms with van der Waals surface area (Å²) in [7, 11) is 0. The Morgan fingerprint density at radius 3 is 2.87 bits per heavy atom. The maximum absolute atomic E-state index is 5.53. The molecule has 0 aromatic carbocycles. The molecule has 2 N–H and O–H groups in total. The third kappa shape index (κ3) is 2.51.